The molecule has 2 aromatic carbocycles. The summed E-state index contributed by atoms with van der Waals surface area (Å²) in [4.78, 5) is 29.9. The highest BCUT2D eigenvalue weighted by molar-refractivity contribution is 5.90. The van der Waals surface area contributed by atoms with Crippen molar-refractivity contribution in [3.05, 3.63) is 82.9 Å². The summed E-state index contributed by atoms with van der Waals surface area (Å²) in [5, 5.41) is 11.2. The van der Waals surface area contributed by atoms with Crippen LogP contribution in [0.1, 0.15) is 12.5 Å². The summed E-state index contributed by atoms with van der Waals surface area (Å²) >= 11 is 0. The minimum Gasteiger partial charge on any atom is -0.494 e. The van der Waals surface area contributed by atoms with Gasteiger partial charge in [-0.25, -0.2) is 13.9 Å². The van der Waals surface area contributed by atoms with Gasteiger partial charge in [0.05, 0.1) is 12.2 Å². The Morgan fingerprint density at radius 3 is 2.71 bits per heavy atom. The summed E-state index contributed by atoms with van der Waals surface area (Å²) in [6, 6.07) is 18.2. The van der Waals surface area contributed by atoms with Crippen LogP contribution in [0.15, 0.2) is 76.2 Å². The number of carbonyl (C=O) groups excluding carboxylic acids is 1. The van der Waals surface area contributed by atoms with Gasteiger partial charge in [-0.2, -0.15) is 4.98 Å². The van der Waals surface area contributed by atoms with E-state index in [9.17, 15) is 9.59 Å². The number of fused-ring (bicyclic) bond motifs is 1. The van der Waals surface area contributed by atoms with E-state index in [1.165, 1.54) is 4.40 Å². The predicted octanol–water partition coefficient (Wildman–Crippen LogP) is 3.56. The average Bonchev–Trinajstić information content (AvgIpc) is 3.46. The van der Waals surface area contributed by atoms with Gasteiger partial charge in [-0.3, -0.25) is 4.79 Å². The molecule has 3 aromatic heterocycles. The first-order chi connectivity index (χ1) is 17.0. The molecule has 0 unspecified atom stereocenters. The molecule has 0 fully saturated rings. The highest BCUT2D eigenvalue weighted by atomic mass is 16.5. The van der Waals surface area contributed by atoms with Crippen LogP contribution in [0.5, 0.6) is 5.75 Å². The second-order valence-electron chi connectivity index (χ2n) is 7.85. The van der Waals surface area contributed by atoms with Gasteiger partial charge in [0.25, 0.3) is 5.89 Å². The number of benzene rings is 2. The quantitative estimate of drug-likeness (QED) is 0.387. The summed E-state index contributed by atoms with van der Waals surface area (Å²) in [6.45, 7) is 4.18. The number of pyridine rings is 1. The van der Waals surface area contributed by atoms with Crippen LogP contribution in [0.25, 0.3) is 28.5 Å². The van der Waals surface area contributed by atoms with Crippen molar-refractivity contribution in [2.45, 2.75) is 20.4 Å². The Kier molecular flexibility index (Phi) is 5.84. The van der Waals surface area contributed by atoms with Crippen LogP contribution in [-0.4, -0.2) is 36.8 Å². The maximum Gasteiger partial charge on any atom is 0.350 e. The second kappa shape index (κ2) is 9.26. The van der Waals surface area contributed by atoms with Gasteiger partial charge < -0.3 is 14.6 Å². The fourth-order valence-corrected chi connectivity index (χ4v) is 3.68. The first-order valence-electron chi connectivity index (χ1n) is 11.0. The van der Waals surface area contributed by atoms with Crippen LogP contribution < -0.4 is 15.7 Å². The van der Waals surface area contributed by atoms with Gasteiger partial charge in [-0.1, -0.05) is 28.9 Å². The van der Waals surface area contributed by atoms with Crippen molar-refractivity contribution >= 4 is 17.2 Å². The molecule has 10 heteroatoms. The molecule has 0 radical (unpaired) electrons. The van der Waals surface area contributed by atoms with Crippen LogP contribution in [0.3, 0.4) is 0 Å². The molecule has 5 aromatic rings. The first kappa shape index (κ1) is 22.1. The number of hydrogen-bond acceptors (Lipinski definition) is 7. The van der Waals surface area contributed by atoms with Crippen molar-refractivity contribution < 1.29 is 14.1 Å². The van der Waals surface area contributed by atoms with E-state index in [-0.39, 0.29) is 18.3 Å². The maximum atomic E-state index is 12.9. The third kappa shape index (κ3) is 4.54. The average molecular weight is 470 g/mol. The van der Waals surface area contributed by atoms with Gasteiger partial charge in [0.1, 0.15) is 12.3 Å². The van der Waals surface area contributed by atoms with Crippen molar-refractivity contribution in [1.82, 2.24) is 24.3 Å². The lowest BCUT2D eigenvalue weighted by atomic mass is 10.1. The molecule has 0 atom stereocenters. The minimum atomic E-state index is -0.456. The van der Waals surface area contributed by atoms with E-state index in [0.717, 1.165) is 15.8 Å². The lowest BCUT2D eigenvalue weighted by molar-refractivity contribution is -0.117. The topological polar surface area (TPSA) is 117 Å². The van der Waals surface area contributed by atoms with Gasteiger partial charge in [-0.05, 0) is 56.3 Å². The predicted molar refractivity (Wildman–Crippen MR) is 129 cm³/mol. The van der Waals surface area contributed by atoms with Gasteiger partial charge in [0, 0.05) is 17.4 Å². The Bertz CT molecular complexity index is 1570. The SMILES string of the molecule is CCOc1ccc(NC(=O)Cn2nc3c(-c4nc(-c5cccc(C)c5)no4)cccn3c2=O)cc1. The molecule has 0 bridgehead atoms. The fourth-order valence-electron chi connectivity index (χ4n) is 3.68. The Labute approximate surface area is 199 Å². The molecular weight excluding hydrogens is 448 g/mol. The zero-order chi connectivity index (χ0) is 24.4. The molecule has 176 valence electrons. The lowest BCUT2D eigenvalue weighted by Gasteiger charge is -2.06. The van der Waals surface area contributed by atoms with Crippen LogP contribution in [0.2, 0.25) is 0 Å². The van der Waals surface area contributed by atoms with Crippen molar-refractivity contribution in [3.8, 4) is 28.6 Å². The number of anilines is 1. The zero-order valence-electron chi connectivity index (χ0n) is 19.1. The van der Waals surface area contributed by atoms with E-state index in [2.05, 4.69) is 20.6 Å². The first-order valence-corrected chi connectivity index (χ1v) is 11.0. The van der Waals surface area contributed by atoms with E-state index < -0.39 is 5.69 Å². The Hall–Kier alpha value is -4.73. The molecule has 0 spiro atoms. The number of ether oxygens (including phenoxy) is 1. The Morgan fingerprint density at radius 1 is 1.11 bits per heavy atom. The molecule has 0 saturated carbocycles. The number of nitrogens with zero attached hydrogens (tertiary/aromatic N) is 5. The number of hydrogen-bond donors (Lipinski definition) is 1. The molecule has 3 heterocycles. The number of nitrogens with one attached hydrogen (secondary N) is 1. The van der Waals surface area contributed by atoms with Gasteiger partial charge >= 0.3 is 5.69 Å². The van der Waals surface area contributed by atoms with E-state index in [1.807, 2.05) is 38.1 Å². The highest BCUT2D eigenvalue weighted by Crippen LogP contribution is 2.25. The number of aromatic nitrogens is 5. The molecule has 0 aliphatic carbocycles. The second-order valence-corrected chi connectivity index (χ2v) is 7.85. The van der Waals surface area contributed by atoms with E-state index in [4.69, 9.17) is 9.26 Å². The molecule has 5 rings (SSSR count). The van der Waals surface area contributed by atoms with Crippen LogP contribution in [-0.2, 0) is 11.3 Å². The summed E-state index contributed by atoms with van der Waals surface area (Å²) in [6.07, 6.45) is 1.58. The molecule has 1 N–H and O–H groups in total. The van der Waals surface area contributed by atoms with Crippen LogP contribution in [0, 0.1) is 6.92 Å². The molecule has 1 amide bonds. The third-order valence-electron chi connectivity index (χ3n) is 5.28. The van der Waals surface area contributed by atoms with Gasteiger partial charge in [-0.15, -0.1) is 5.10 Å². The molecule has 35 heavy (non-hydrogen) atoms. The summed E-state index contributed by atoms with van der Waals surface area (Å²) < 4.78 is 13.3. The normalized spacial score (nSPS) is 11.0. The molecular formula is C25H22N6O4. The summed E-state index contributed by atoms with van der Waals surface area (Å²) in [5.41, 5.74) is 2.82. The largest absolute Gasteiger partial charge is 0.494 e. The molecule has 0 aliphatic heterocycles. The Morgan fingerprint density at radius 2 is 1.94 bits per heavy atom. The lowest BCUT2D eigenvalue weighted by Crippen LogP contribution is -2.28. The van der Waals surface area contributed by atoms with Gasteiger partial charge in [0.2, 0.25) is 11.7 Å². The zero-order valence-corrected chi connectivity index (χ0v) is 19.1. The van der Waals surface area contributed by atoms with E-state index in [1.54, 1.807) is 42.6 Å². The number of rotatable bonds is 7. The number of aryl methyl sites for hydroxylation is 1. The van der Waals surface area contributed by atoms with Gasteiger partial charge in [0.15, 0.2) is 5.65 Å². The van der Waals surface area contributed by atoms with Crippen molar-refractivity contribution in [1.29, 1.82) is 0 Å². The maximum absolute atomic E-state index is 12.9. The minimum absolute atomic E-state index is 0.225. The third-order valence-corrected chi connectivity index (χ3v) is 5.28. The van der Waals surface area contributed by atoms with E-state index >= 15 is 0 Å². The summed E-state index contributed by atoms with van der Waals surface area (Å²) in [5.74, 6) is 0.979. The van der Waals surface area contributed by atoms with Crippen molar-refractivity contribution in [2.24, 2.45) is 0 Å². The monoisotopic (exact) mass is 470 g/mol. The van der Waals surface area contributed by atoms with Crippen LogP contribution >= 0.6 is 0 Å². The highest BCUT2D eigenvalue weighted by Gasteiger charge is 2.18. The van der Waals surface area contributed by atoms with Crippen molar-refractivity contribution in [2.75, 3.05) is 11.9 Å². The fraction of sp³-hybridized carbons (Fsp3) is 0.160. The van der Waals surface area contributed by atoms with Crippen LogP contribution in [0.4, 0.5) is 5.69 Å². The smallest absolute Gasteiger partial charge is 0.350 e. The molecule has 10 nitrogen and oxygen atoms in total. The molecule has 0 saturated heterocycles. The number of carbonyl (C=O) groups is 1. The van der Waals surface area contributed by atoms with Crippen molar-refractivity contribution in [3.63, 3.8) is 0 Å². The summed E-state index contributed by atoms with van der Waals surface area (Å²) in [7, 11) is 0. The Balaban J connectivity index is 1.40. The number of amides is 1. The standard InChI is InChI=1S/C25H22N6O4/c1-3-34-19-11-9-18(10-12-19)26-21(32)15-31-25(33)30-13-5-8-20(23(30)28-31)24-27-22(29-35-24)17-7-4-6-16(2)14-17/h4-14H,3,15H2,1-2H3,(H,26,32). The molecule has 0 aliphatic rings. The van der Waals surface area contributed by atoms with E-state index in [0.29, 0.717) is 35.1 Å².